The van der Waals surface area contributed by atoms with E-state index in [1.54, 1.807) is 10.7 Å². The number of hydrogen-bond acceptors (Lipinski definition) is 4. The molecule has 0 bridgehead atoms. The van der Waals surface area contributed by atoms with Crippen molar-refractivity contribution in [3.8, 4) is 0 Å². The van der Waals surface area contributed by atoms with Gasteiger partial charge < -0.3 is 4.74 Å². The molecule has 5 nitrogen and oxygen atoms in total. The third-order valence-electron chi connectivity index (χ3n) is 7.72. The maximum absolute atomic E-state index is 13.2. The van der Waals surface area contributed by atoms with Crippen LogP contribution in [-0.2, 0) is 11.2 Å². The average molecular weight is 440 g/mol. The predicted octanol–water partition coefficient (Wildman–Crippen LogP) is 5.44. The molecule has 0 radical (unpaired) electrons. The summed E-state index contributed by atoms with van der Waals surface area (Å²) in [7, 11) is 0. The van der Waals surface area contributed by atoms with Gasteiger partial charge in [0.2, 0.25) is 0 Å². The van der Waals surface area contributed by atoms with Crippen molar-refractivity contribution in [2.75, 3.05) is 13.2 Å². The summed E-state index contributed by atoms with van der Waals surface area (Å²) in [6.07, 6.45) is 17.3. The van der Waals surface area contributed by atoms with E-state index in [1.807, 2.05) is 24.5 Å². The van der Waals surface area contributed by atoms with Gasteiger partial charge in [0, 0.05) is 37.6 Å². The molecule has 2 fully saturated rings. The van der Waals surface area contributed by atoms with Crippen molar-refractivity contribution in [2.24, 2.45) is 11.8 Å². The van der Waals surface area contributed by atoms with Crippen LogP contribution >= 0.6 is 0 Å². The van der Waals surface area contributed by atoms with Gasteiger partial charge in [-0.15, -0.1) is 0 Å². The van der Waals surface area contributed by atoms with Gasteiger partial charge >= 0.3 is 0 Å². The van der Waals surface area contributed by atoms with Crippen molar-refractivity contribution < 1.29 is 9.53 Å². The predicted molar refractivity (Wildman–Crippen MR) is 128 cm³/mol. The largest absolute Gasteiger partial charge is 0.381 e. The van der Waals surface area contributed by atoms with Gasteiger partial charge in [0.15, 0.2) is 5.78 Å². The first-order chi connectivity index (χ1) is 16.3. The normalized spacial score (nSPS) is 21.2. The van der Waals surface area contributed by atoms with Crippen LogP contribution in [0.4, 0.5) is 0 Å². The molecule has 0 aromatic carbocycles. The Labute approximate surface area is 194 Å². The van der Waals surface area contributed by atoms with E-state index in [2.05, 4.69) is 34.4 Å². The van der Waals surface area contributed by atoms with Crippen LogP contribution in [0, 0.1) is 11.8 Å². The van der Waals surface area contributed by atoms with Gasteiger partial charge in [0.05, 0.1) is 23.0 Å². The van der Waals surface area contributed by atoms with Crippen molar-refractivity contribution in [3.05, 3.63) is 83.0 Å². The van der Waals surface area contributed by atoms with E-state index in [1.165, 1.54) is 42.4 Å². The molecular weight excluding hydrogens is 410 g/mol. The molecule has 3 aromatic heterocycles. The first-order valence-electron chi connectivity index (χ1n) is 12.2. The first kappa shape index (κ1) is 20.5. The van der Waals surface area contributed by atoms with E-state index in [4.69, 9.17) is 4.74 Å². The first-order valence-corrected chi connectivity index (χ1v) is 12.2. The number of pyridine rings is 2. The molecule has 1 saturated heterocycles. The van der Waals surface area contributed by atoms with Crippen LogP contribution in [0.15, 0.2) is 60.6 Å². The summed E-state index contributed by atoms with van der Waals surface area (Å²) in [4.78, 5) is 17.7. The second-order valence-corrected chi connectivity index (χ2v) is 9.58. The number of carbonyl (C=O) groups excluding carboxylic acids is 1. The topological polar surface area (TPSA) is 56.5 Å². The van der Waals surface area contributed by atoms with Crippen molar-refractivity contribution in [2.45, 2.75) is 44.9 Å². The molecule has 0 amide bonds. The fraction of sp³-hybridized carbons (Fsp3) is 0.393. The Morgan fingerprint density at radius 2 is 1.91 bits per heavy atom. The molecule has 33 heavy (non-hydrogen) atoms. The van der Waals surface area contributed by atoms with Gasteiger partial charge in [0.1, 0.15) is 0 Å². The molecule has 5 heteroatoms. The summed E-state index contributed by atoms with van der Waals surface area (Å²) in [5, 5.41) is 4.44. The van der Waals surface area contributed by atoms with E-state index in [-0.39, 0.29) is 5.78 Å². The number of fused-ring (bicyclic) bond motifs is 2. The Morgan fingerprint density at radius 1 is 1.09 bits per heavy atom. The Balaban J connectivity index is 1.21. The highest BCUT2D eigenvalue weighted by Crippen LogP contribution is 2.37. The molecule has 3 aromatic rings. The fourth-order valence-electron chi connectivity index (χ4n) is 5.84. The van der Waals surface area contributed by atoms with Crippen LogP contribution < -0.4 is 0 Å². The third kappa shape index (κ3) is 3.95. The number of ether oxygens (including phenoxy) is 1. The lowest BCUT2D eigenvalue weighted by Gasteiger charge is -2.33. The molecule has 2 aliphatic carbocycles. The number of allylic oxidation sites excluding steroid dienone is 3. The summed E-state index contributed by atoms with van der Waals surface area (Å²) in [5.74, 6) is 1.67. The molecule has 168 valence electrons. The summed E-state index contributed by atoms with van der Waals surface area (Å²) in [6.45, 7) is 1.83. The molecule has 4 heterocycles. The summed E-state index contributed by atoms with van der Waals surface area (Å²) in [6, 6.07) is 8.26. The lowest BCUT2D eigenvalue weighted by atomic mass is 9.75. The van der Waals surface area contributed by atoms with Crippen molar-refractivity contribution in [3.63, 3.8) is 0 Å². The smallest absolute Gasteiger partial charge is 0.189 e. The Hall–Kier alpha value is -3.05. The molecule has 0 unspecified atom stereocenters. The van der Waals surface area contributed by atoms with E-state index >= 15 is 0 Å². The fourth-order valence-corrected chi connectivity index (χ4v) is 5.84. The molecule has 1 aliphatic heterocycles. The van der Waals surface area contributed by atoms with Crippen LogP contribution in [0.5, 0.6) is 0 Å². The van der Waals surface area contributed by atoms with Gasteiger partial charge in [-0.1, -0.05) is 17.7 Å². The highest BCUT2D eigenvalue weighted by Gasteiger charge is 2.27. The Kier molecular flexibility index (Phi) is 5.43. The van der Waals surface area contributed by atoms with Crippen molar-refractivity contribution in [1.82, 2.24) is 14.6 Å². The minimum atomic E-state index is 0.0733. The number of hydrogen-bond donors (Lipinski definition) is 0. The third-order valence-corrected chi connectivity index (χ3v) is 7.72. The number of rotatable bonds is 4. The standard InChI is InChI=1S/C28H29N3O2/c32-28(16-19-3-5-20(6-4-19)21-10-14-33-15-11-21)25-18-30-31-13-9-22(17-27(25)31)23-7-8-26-24(23)2-1-12-29-26/h1-2,7,9,12-13,16-18,20-21H,3-6,8,10-11,14-15H2. The highest BCUT2D eigenvalue weighted by molar-refractivity contribution is 6.09. The zero-order valence-corrected chi connectivity index (χ0v) is 18.9. The molecule has 6 rings (SSSR count). The van der Waals surface area contributed by atoms with Crippen LogP contribution in [-0.4, -0.2) is 33.6 Å². The quantitative estimate of drug-likeness (QED) is 0.401. The maximum Gasteiger partial charge on any atom is 0.189 e. The number of carbonyl (C=O) groups is 1. The van der Waals surface area contributed by atoms with Gasteiger partial charge in [-0.2, -0.15) is 5.10 Å². The number of ketones is 1. The minimum Gasteiger partial charge on any atom is -0.381 e. The number of aromatic nitrogens is 3. The van der Waals surface area contributed by atoms with Crippen LogP contribution in [0.25, 0.3) is 11.1 Å². The monoisotopic (exact) mass is 439 g/mol. The lowest BCUT2D eigenvalue weighted by molar-refractivity contribution is 0.0414. The molecule has 0 atom stereocenters. The molecule has 1 saturated carbocycles. The molecule has 3 aliphatic rings. The zero-order valence-electron chi connectivity index (χ0n) is 18.9. The number of nitrogens with zero attached hydrogens (tertiary/aromatic N) is 3. The van der Waals surface area contributed by atoms with Gasteiger partial charge in [-0.3, -0.25) is 9.78 Å². The summed E-state index contributed by atoms with van der Waals surface area (Å²) >= 11 is 0. The Morgan fingerprint density at radius 3 is 2.76 bits per heavy atom. The van der Waals surface area contributed by atoms with E-state index in [0.29, 0.717) is 5.56 Å². The van der Waals surface area contributed by atoms with Crippen LogP contribution in [0.1, 0.15) is 65.7 Å². The molecule has 0 spiro atoms. The van der Waals surface area contributed by atoms with E-state index < -0.39 is 0 Å². The van der Waals surface area contributed by atoms with Crippen molar-refractivity contribution >= 4 is 16.9 Å². The van der Waals surface area contributed by atoms with Gasteiger partial charge in [-0.05, 0) is 85.8 Å². The summed E-state index contributed by atoms with van der Waals surface area (Å²) in [5.41, 5.74) is 7.41. The Bertz CT molecular complexity index is 1250. The lowest BCUT2D eigenvalue weighted by Crippen LogP contribution is -2.25. The second kappa shape index (κ2) is 8.71. The van der Waals surface area contributed by atoms with Crippen LogP contribution in [0.3, 0.4) is 0 Å². The second-order valence-electron chi connectivity index (χ2n) is 9.58. The average Bonchev–Trinajstić information content (AvgIpc) is 3.49. The van der Waals surface area contributed by atoms with E-state index in [0.717, 1.165) is 61.1 Å². The van der Waals surface area contributed by atoms with E-state index in [9.17, 15) is 4.79 Å². The van der Waals surface area contributed by atoms with Crippen molar-refractivity contribution in [1.29, 1.82) is 0 Å². The minimum absolute atomic E-state index is 0.0733. The summed E-state index contributed by atoms with van der Waals surface area (Å²) < 4.78 is 7.33. The van der Waals surface area contributed by atoms with Gasteiger partial charge in [-0.25, -0.2) is 4.52 Å². The zero-order chi connectivity index (χ0) is 22.2. The maximum atomic E-state index is 13.2. The van der Waals surface area contributed by atoms with Crippen LogP contribution in [0.2, 0.25) is 0 Å². The highest BCUT2D eigenvalue weighted by atomic mass is 16.5. The van der Waals surface area contributed by atoms with Gasteiger partial charge in [0.25, 0.3) is 0 Å². The molecular formula is C28H29N3O2. The SMILES string of the molecule is O=C(C=C1CCC(C2CCOCC2)CC1)c1cnn2ccc(C3=CCc4ncccc43)cc12. The molecule has 0 N–H and O–H groups in total.